The topological polar surface area (TPSA) is 29.3 Å². The third kappa shape index (κ3) is 3.93. The van der Waals surface area contributed by atoms with Crippen molar-refractivity contribution in [3.8, 4) is 0 Å². The van der Waals surface area contributed by atoms with Gasteiger partial charge >= 0.3 is 6.18 Å². The van der Waals surface area contributed by atoms with Gasteiger partial charge in [0.25, 0.3) is 0 Å². The van der Waals surface area contributed by atoms with Gasteiger partial charge in [0, 0.05) is 12.6 Å². The number of alkyl halides is 3. The van der Waals surface area contributed by atoms with Crippen LogP contribution in [0, 0.1) is 5.82 Å². The smallest absolute Gasteiger partial charge is 0.329 e. The molecule has 114 valence electrons. The van der Waals surface area contributed by atoms with Gasteiger partial charge in [0.1, 0.15) is 5.82 Å². The lowest BCUT2D eigenvalue weighted by Gasteiger charge is -2.31. The fourth-order valence-corrected chi connectivity index (χ4v) is 2.36. The average molecular weight is 292 g/mol. The number of nitrogens with zero attached hydrogens (tertiary/aromatic N) is 1. The Morgan fingerprint density at radius 3 is 2.35 bits per heavy atom. The van der Waals surface area contributed by atoms with Gasteiger partial charge < -0.3 is 5.73 Å². The summed E-state index contributed by atoms with van der Waals surface area (Å²) in [6.45, 7) is 5.11. The van der Waals surface area contributed by atoms with Crippen LogP contribution in [0.4, 0.5) is 17.6 Å². The minimum absolute atomic E-state index is 0.0386. The molecule has 0 radical (unpaired) electrons. The third-order valence-corrected chi connectivity index (χ3v) is 3.26. The number of hydrogen-bond donors (Lipinski definition) is 1. The summed E-state index contributed by atoms with van der Waals surface area (Å²) >= 11 is 0. The number of hydrogen-bond acceptors (Lipinski definition) is 2. The van der Waals surface area contributed by atoms with Crippen molar-refractivity contribution in [2.75, 3.05) is 19.6 Å². The lowest BCUT2D eigenvalue weighted by atomic mass is 9.98. The van der Waals surface area contributed by atoms with Crippen LogP contribution in [-0.2, 0) is 6.18 Å². The number of nitrogens with two attached hydrogens (primary N) is 1. The van der Waals surface area contributed by atoms with E-state index in [0.717, 1.165) is 12.5 Å². The SMILES string of the molecule is CCCN(CC)C(CN)c1ccc(F)cc1C(F)(F)F. The zero-order valence-electron chi connectivity index (χ0n) is 11.7. The molecule has 0 fully saturated rings. The minimum atomic E-state index is -4.59. The fourth-order valence-electron chi connectivity index (χ4n) is 2.36. The van der Waals surface area contributed by atoms with E-state index in [2.05, 4.69) is 0 Å². The zero-order valence-corrected chi connectivity index (χ0v) is 11.7. The van der Waals surface area contributed by atoms with Crippen LogP contribution in [-0.4, -0.2) is 24.5 Å². The molecule has 0 saturated carbocycles. The largest absolute Gasteiger partial charge is 0.416 e. The normalized spacial score (nSPS) is 13.8. The van der Waals surface area contributed by atoms with Gasteiger partial charge in [-0.05, 0) is 37.2 Å². The lowest BCUT2D eigenvalue weighted by Crippen LogP contribution is -2.35. The molecule has 1 rings (SSSR count). The molecule has 0 bridgehead atoms. The van der Waals surface area contributed by atoms with Crippen LogP contribution in [0.3, 0.4) is 0 Å². The highest BCUT2D eigenvalue weighted by Gasteiger charge is 2.36. The first-order valence-electron chi connectivity index (χ1n) is 6.65. The van der Waals surface area contributed by atoms with Crippen molar-refractivity contribution in [2.24, 2.45) is 5.73 Å². The van der Waals surface area contributed by atoms with E-state index in [4.69, 9.17) is 5.73 Å². The first-order chi connectivity index (χ1) is 9.35. The van der Waals surface area contributed by atoms with Crippen molar-refractivity contribution in [3.05, 3.63) is 35.1 Å². The Kier molecular flexibility index (Phi) is 5.95. The summed E-state index contributed by atoms with van der Waals surface area (Å²) in [4.78, 5) is 1.88. The van der Waals surface area contributed by atoms with E-state index in [0.29, 0.717) is 19.2 Å². The van der Waals surface area contributed by atoms with Crippen molar-refractivity contribution < 1.29 is 17.6 Å². The van der Waals surface area contributed by atoms with Gasteiger partial charge in [0.15, 0.2) is 0 Å². The minimum Gasteiger partial charge on any atom is -0.329 e. The average Bonchev–Trinajstić information content (AvgIpc) is 2.38. The van der Waals surface area contributed by atoms with Crippen LogP contribution in [0.2, 0.25) is 0 Å². The molecule has 0 aliphatic carbocycles. The summed E-state index contributed by atoms with van der Waals surface area (Å²) in [5.74, 6) is -0.893. The molecular weight excluding hydrogens is 272 g/mol. The molecule has 1 atom stereocenters. The molecule has 0 aliphatic heterocycles. The van der Waals surface area contributed by atoms with Crippen molar-refractivity contribution in [3.63, 3.8) is 0 Å². The summed E-state index contributed by atoms with van der Waals surface area (Å²) in [5.41, 5.74) is 4.76. The number of benzene rings is 1. The highest BCUT2D eigenvalue weighted by molar-refractivity contribution is 5.33. The lowest BCUT2D eigenvalue weighted by molar-refractivity contribution is -0.139. The van der Waals surface area contributed by atoms with Crippen LogP contribution >= 0.6 is 0 Å². The maximum Gasteiger partial charge on any atom is 0.416 e. The van der Waals surface area contributed by atoms with Crippen LogP contribution < -0.4 is 5.73 Å². The van der Waals surface area contributed by atoms with E-state index in [1.807, 2.05) is 18.7 Å². The quantitative estimate of drug-likeness (QED) is 0.812. The van der Waals surface area contributed by atoms with Gasteiger partial charge in [-0.2, -0.15) is 13.2 Å². The van der Waals surface area contributed by atoms with E-state index in [1.54, 1.807) is 0 Å². The summed E-state index contributed by atoms with van der Waals surface area (Å²) in [6.07, 6.45) is -3.77. The molecule has 0 amide bonds. The predicted molar refractivity (Wildman–Crippen MR) is 70.7 cm³/mol. The van der Waals surface area contributed by atoms with Crippen LogP contribution in [0.1, 0.15) is 37.4 Å². The Morgan fingerprint density at radius 1 is 1.25 bits per heavy atom. The molecule has 2 nitrogen and oxygen atoms in total. The van der Waals surface area contributed by atoms with Crippen molar-refractivity contribution in [2.45, 2.75) is 32.5 Å². The van der Waals surface area contributed by atoms with Crippen molar-refractivity contribution in [1.82, 2.24) is 4.90 Å². The first kappa shape index (κ1) is 16.9. The second kappa shape index (κ2) is 7.04. The molecular formula is C14H20F4N2. The monoisotopic (exact) mass is 292 g/mol. The molecule has 6 heteroatoms. The Labute approximate surface area is 116 Å². The van der Waals surface area contributed by atoms with E-state index in [9.17, 15) is 17.6 Å². The maximum absolute atomic E-state index is 13.1. The highest BCUT2D eigenvalue weighted by atomic mass is 19.4. The summed E-state index contributed by atoms with van der Waals surface area (Å²) in [7, 11) is 0. The highest BCUT2D eigenvalue weighted by Crippen LogP contribution is 2.36. The van der Waals surface area contributed by atoms with Crippen LogP contribution in [0.25, 0.3) is 0 Å². The standard InChI is InChI=1S/C14H20F4N2/c1-3-7-20(4-2)13(9-19)11-6-5-10(15)8-12(11)14(16,17)18/h5-6,8,13H,3-4,7,9,19H2,1-2H3. The molecule has 20 heavy (non-hydrogen) atoms. The first-order valence-corrected chi connectivity index (χ1v) is 6.65. The summed E-state index contributed by atoms with van der Waals surface area (Å²) in [6, 6.07) is 2.22. The van der Waals surface area contributed by atoms with Gasteiger partial charge in [0.05, 0.1) is 5.56 Å². The summed E-state index contributed by atoms with van der Waals surface area (Å²) < 4.78 is 52.3. The Hall–Kier alpha value is -1.14. The Balaban J connectivity index is 3.27. The second-order valence-corrected chi connectivity index (χ2v) is 4.61. The molecule has 0 saturated heterocycles. The van der Waals surface area contributed by atoms with Crippen LogP contribution in [0.5, 0.6) is 0 Å². The molecule has 1 aromatic rings. The molecule has 2 N–H and O–H groups in total. The van der Waals surface area contributed by atoms with E-state index in [1.165, 1.54) is 6.07 Å². The third-order valence-electron chi connectivity index (χ3n) is 3.26. The van der Waals surface area contributed by atoms with Gasteiger partial charge in [-0.1, -0.05) is 19.9 Å². The second-order valence-electron chi connectivity index (χ2n) is 4.61. The fraction of sp³-hybridized carbons (Fsp3) is 0.571. The molecule has 0 aromatic heterocycles. The molecule has 0 spiro atoms. The van der Waals surface area contributed by atoms with Gasteiger partial charge in [-0.3, -0.25) is 4.90 Å². The molecule has 1 aromatic carbocycles. The van der Waals surface area contributed by atoms with Gasteiger partial charge in [-0.15, -0.1) is 0 Å². The number of rotatable bonds is 6. The van der Waals surface area contributed by atoms with Crippen molar-refractivity contribution in [1.29, 1.82) is 0 Å². The van der Waals surface area contributed by atoms with Gasteiger partial charge in [0.2, 0.25) is 0 Å². The van der Waals surface area contributed by atoms with Crippen LogP contribution in [0.15, 0.2) is 18.2 Å². The van der Waals surface area contributed by atoms with E-state index in [-0.39, 0.29) is 12.1 Å². The maximum atomic E-state index is 13.1. The summed E-state index contributed by atoms with van der Waals surface area (Å²) in [5, 5.41) is 0. The number of halogens is 4. The van der Waals surface area contributed by atoms with E-state index < -0.39 is 23.6 Å². The molecule has 0 heterocycles. The molecule has 0 aliphatic rings. The Morgan fingerprint density at radius 2 is 1.90 bits per heavy atom. The Bertz CT molecular complexity index is 432. The zero-order chi connectivity index (χ0) is 15.3. The molecule has 1 unspecified atom stereocenters. The van der Waals surface area contributed by atoms with Crippen molar-refractivity contribution >= 4 is 0 Å². The van der Waals surface area contributed by atoms with Gasteiger partial charge in [-0.25, -0.2) is 4.39 Å². The number of likely N-dealkylation sites (N-methyl/N-ethyl adjacent to an activating group) is 1. The predicted octanol–water partition coefficient (Wildman–Crippen LogP) is 3.58. The van der Waals surface area contributed by atoms with E-state index >= 15 is 0 Å².